The lowest BCUT2D eigenvalue weighted by molar-refractivity contribution is -0.119. The van der Waals surface area contributed by atoms with Crippen LogP contribution in [0.1, 0.15) is 62.5 Å². The number of carbonyl (C=O) groups excluding carboxylic acids is 2. The molecule has 128 valence electrons. The van der Waals surface area contributed by atoms with Gasteiger partial charge in [-0.25, -0.2) is 0 Å². The summed E-state index contributed by atoms with van der Waals surface area (Å²) in [7, 11) is 0. The van der Waals surface area contributed by atoms with Crippen molar-refractivity contribution in [2.24, 2.45) is 5.92 Å². The molecule has 1 fully saturated rings. The molecule has 0 spiro atoms. The van der Waals surface area contributed by atoms with Crippen LogP contribution in [0, 0.1) is 5.92 Å². The normalized spacial score (nSPS) is 20.2. The molecule has 1 aromatic carbocycles. The van der Waals surface area contributed by atoms with E-state index in [1.807, 2.05) is 4.90 Å². The van der Waals surface area contributed by atoms with Crippen molar-refractivity contribution in [3.05, 3.63) is 23.3 Å². The number of nitrogens with zero attached hydrogens (tertiary/aromatic N) is 1. The fourth-order valence-electron chi connectivity index (χ4n) is 4.58. The molecule has 2 heterocycles. The molecule has 1 aliphatic carbocycles. The van der Waals surface area contributed by atoms with E-state index >= 15 is 0 Å². The van der Waals surface area contributed by atoms with E-state index in [9.17, 15) is 9.59 Å². The predicted molar refractivity (Wildman–Crippen MR) is 95.3 cm³/mol. The molecular formula is C20H26N2O2. The minimum atomic E-state index is 0.133. The maximum Gasteiger partial charge on any atom is 0.227 e. The molecule has 24 heavy (non-hydrogen) atoms. The van der Waals surface area contributed by atoms with E-state index in [0.29, 0.717) is 12.8 Å². The topological polar surface area (TPSA) is 49.4 Å². The molecule has 0 bridgehead atoms. The number of amides is 2. The summed E-state index contributed by atoms with van der Waals surface area (Å²) in [4.78, 5) is 26.3. The quantitative estimate of drug-likeness (QED) is 0.914. The molecule has 3 aliphatic rings. The highest BCUT2D eigenvalue weighted by Crippen LogP contribution is 2.38. The number of hydrogen-bond acceptors (Lipinski definition) is 2. The molecule has 4 rings (SSSR count). The van der Waals surface area contributed by atoms with Crippen molar-refractivity contribution in [1.29, 1.82) is 0 Å². The van der Waals surface area contributed by atoms with Crippen molar-refractivity contribution >= 4 is 23.2 Å². The average molecular weight is 326 g/mol. The standard InChI is InChI=1S/C20H26N2O2/c23-18(9-7-14-4-1-2-5-14)21-17-12-15-6-3-11-22-19(24)10-8-16(13-17)20(15)22/h12-14H,1-11H2,(H,21,23). The summed E-state index contributed by atoms with van der Waals surface area (Å²) < 4.78 is 0. The Bertz CT molecular complexity index is 645. The van der Waals surface area contributed by atoms with Gasteiger partial charge in [0.2, 0.25) is 11.8 Å². The average Bonchev–Trinajstić information content (AvgIpc) is 3.10. The van der Waals surface area contributed by atoms with Gasteiger partial charge in [0.1, 0.15) is 0 Å². The number of hydrogen-bond donors (Lipinski definition) is 1. The van der Waals surface area contributed by atoms with Crippen LogP contribution in [0.3, 0.4) is 0 Å². The van der Waals surface area contributed by atoms with E-state index in [2.05, 4.69) is 17.4 Å². The molecule has 0 saturated heterocycles. The van der Waals surface area contributed by atoms with Crippen LogP contribution in [0.25, 0.3) is 0 Å². The third-order valence-corrected chi connectivity index (χ3v) is 5.81. The lowest BCUT2D eigenvalue weighted by Gasteiger charge is -2.35. The van der Waals surface area contributed by atoms with Gasteiger partial charge in [-0.05, 0) is 54.9 Å². The lowest BCUT2D eigenvalue weighted by Crippen LogP contribution is -2.39. The van der Waals surface area contributed by atoms with Crippen LogP contribution in [0.4, 0.5) is 11.4 Å². The van der Waals surface area contributed by atoms with Crippen LogP contribution in [0.15, 0.2) is 12.1 Å². The van der Waals surface area contributed by atoms with Crippen molar-refractivity contribution < 1.29 is 9.59 Å². The van der Waals surface area contributed by atoms with E-state index in [4.69, 9.17) is 0 Å². The van der Waals surface area contributed by atoms with Gasteiger partial charge in [-0.15, -0.1) is 0 Å². The number of benzene rings is 1. The second-order valence-electron chi connectivity index (χ2n) is 7.53. The molecule has 0 aromatic heterocycles. The summed E-state index contributed by atoms with van der Waals surface area (Å²) in [6, 6.07) is 4.16. The van der Waals surface area contributed by atoms with Crippen LogP contribution in [-0.4, -0.2) is 18.4 Å². The highest BCUT2D eigenvalue weighted by Gasteiger charge is 2.29. The van der Waals surface area contributed by atoms with Gasteiger partial charge in [0.15, 0.2) is 0 Å². The van der Waals surface area contributed by atoms with Crippen molar-refractivity contribution in [2.45, 2.75) is 64.2 Å². The number of nitrogens with one attached hydrogen (secondary N) is 1. The van der Waals surface area contributed by atoms with Crippen molar-refractivity contribution in [1.82, 2.24) is 0 Å². The maximum absolute atomic E-state index is 12.3. The minimum absolute atomic E-state index is 0.133. The van der Waals surface area contributed by atoms with Gasteiger partial charge in [-0.1, -0.05) is 25.7 Å². The van der Waals surface area contributed by atoms with Crippen LogP contribution in [0.5, 0.6) is 0 Å². The van der Waals surface area contributed by atoms with Gasteiger partial charge >= 0.3 is 0 Å². The molecule has 4 nitrogen and oxygen atoms in total. The molecule has 2 aliphatic heterocycles. The summed E-state index contributed by atoms with van der Waals surface area (Å²) >= 11 is 0. The van der Waals surface area contributed by atoms with Gasteiger partial charge in [0, 0.05) is 25.1 Å². The van der Waals surface area contributed by atoms with Crippen molar-refractivity contribution in [3.63, 3.8) is 0 Å². The SMILES string of the molecule is O=C(CCC1CCCC1)Nc1cc2c3c(c1)CCC(=O)N3CCC2. The van der Waals surface area contributed by atoms with Gasteiger partial charge in [0.05, 0.1) is 5.69 Å². The van der Waals surface area contributed by atoms with Gasteiger partial charge in [-0.3, -0.25) is 9.59 Å². The number of anilines is 2. The Hall–Kier alpha value is -1.84. The monoisotopic (exact) mass is 326 g/mol. The Kier molecular flexibility index (Phi) is 4.30. The minimum Gasteiger partial charge on any atom is -0.326 e. The third kappa shape index (κ3) is 3.06. The van der Waals surface area contributed by atoms with Crippen molar-refractivity contribution in [3.8, 4) is 0 Å². The zero-order valence-corrected chi connectivity index (χ0v) is 14.3. The maximum atomic E-state index is 12.3. The molecule has 1 aromatic rings. The largest absolute Gasteiger partial charge is 0.326 e. The van der Waals surface area contributed by atoms with E-state index in [1.165, 1.54) is 36.8 Å². The highest BCUT2D eigenvalue weighted by molar-refractivity contribution is 5.99. The number of aryl methyl sites for hydroxylation is 2. The second-order valence-corrected chi connectivity index (χ2v) is 7.53. The van der Waals surface area contributed by atoms with Crippen molar-refractivity contribution in [2.75, 3.05) is 16.8 Å². The Morgan fingerprint density at radius 3 is 2.62 bits per heavy atom. The first-order chi connectivity index (χ1) is 11.7. The Morgan fingerprint density at radius 1 is 1.08 bits per heavy atom. The Balaban J connectivity index is 1.46. The van der Waals surface area contributed by atoms with Crippen LogP contribution >= 0.6 is 0 Å². The first-order valence-electron chi connectivity index (χ1n) is 9.47. The second kappa shape index (κ2) is 6.58. The molecule has 0 atom stereocenters. The zero-order chi connectivity index (χ0) is 16.5. The van der Waals surface area contributed by atoms with E-state index < -0.39 is 0 Å². The van der Waals surface area contributed by atoms with E-state index in [0.717, 1.165) is 49.5 Å². The summed E-state index contributed by atoms with van der Waals surface area (Å²) in [5.41, 5.74) is 4.48. The summed E-state index contributed by atoms with van der Waals surface area (Å²) in [6.45, 7) is 0.839. The first kappa shape index (κ1) is 15.7. The molecule has 4 heteroatoms. The van der Waals surface area contributed by atoms with Crippen LogP contribution in [-0.2, 0) is 22.4 Å². The molecule has 1 saturated carbocycles. The predicted octanol–water partition coefficient (Wildman–Crippen LogP) is 3.82. The van der Waals surface area contributed by atoms with Crippen LogP contribution in [0.2, 0.25) is 0 Å². The zero-order valence-electron chi connectivity index (χ0n) is 14.3. The molecule has 2 amide bonds. The molecular weight excluding hydrogens is 300 g/mol. The summed E-state index contributed by atoms with van der Waals surface area (Å²) in [5, 5.41) is 3.10. The van der Waals surface area contributed by atoms with E-state index in [1.54, 1.807) is 0 Å². The Labute approximate surface area is 143 Å². The fourth-order valence-corrected chi connectivity index (χ4v) is 4.58. The van der Waals surface area contributed by atoms with Gasteiger partial charge < -0.3 is 10.2 Å². The molecule has 0 radical (unpaired) electrons. The van der Waals surface area contributed by atoms with Gasteiger partial charge in [-0.2, -0.15) is 0 Å². The Morgan fingerprint density at radius 2 is 1.83 bits per heavy atom. The smallest absolute Gasteiger partial charge is 0.227 e. The van der Waals surface area contributed by atoms with Gasteiger partial charge in [0.25, 0.3) is 0 Å². The van der Waals surface area contributed by atoms with E-state index in [-0.39, 0.29) is 11.8 Å². The summed E-state index contributed by atoms with van der Waals surface area (Å²) in [5.74, 6) is 1.13. The number of rotatable bonds is 4. The molecule has 0 unspecified atom stereocenters. The first-order valence-corrected chi connectivity index (χ1v) is 9.47. The lowest BCUT2D eigenvalue weighted by atomic mass is 9.91. The highest BCUT2D eigenvalue weighted by atomic mass is 16.2. The third-order valence-electron chi connectivity index (χ3n) is 5.81. The molecule has 1 N–H and O–H groups in total. The summed E-state index contributed by atoms with van der Waals surface area (Å²) in [6.07, 6.45) is 10.3. The fraction of sp³-hybridized carbons (Fsp3) is 0.600. The van der Waals surface area contributed by atoms with Crippen LogP contribution < -0.4 is 10.2 Å². The number of carbonyl (C=O) groups is 2.